The van der Waals surface area contributed by atoms with Crippen LogP contribution in [0.2, 0.25) is 0 Å². The average Bonchev–Trinajstić information content (AvgIpc) is 1.99. The molecule has 0 radical (unpaired) electrons. The van der Waals surface area contributed by atoms with Crippen LogP contribution in [0.1, 0.15) is 32.8 Å². The maximum absolute atomic E-state index is 13.5. The molecule has 0 spiro atoms. The van der Waals surface area contributed by atoms with Gasteiger partial charge in [0.15, 0.2) is 0 Å². The van der Waals surface area contributed by atoms with Crippen molar-refractivity contribution in [3.05, 3.63) is 35.4 Å². The molecular weight excluding hydrogens is 218 g/mol. The van der Waals surface area contributed by atoms with Crippen LogP contribution in [-0.4, -0.2) is 5.38 Å². The molecule has 0 N–H and O–H groups in total. The molecular formula is C12H15ClF2. The van der Waals surface area contributed by atoms with Crippen LogP contribution < -0.4 is 0 Å². The van der Waals surface area contributed by atoms with E-state index in [1.807, 2.05) is 6.92 Å². The lowest BCUT2D eigenvalue weighted by Crippen LogP contribution is -2.24. The Hall–Kier alpha value is -0.630. The zero-order chi connectivity index (χ0) is 11.6. The summed E-state index contributed by atoms with van der Waals surface area (Å²) >= 11 is 5.87. The first kappa shape index (κ1) is 12.4. The Morgan fingerprint density at radius 2 is 1.73 bits per heavy atom. The van der Waals surface area contributed by atoms with E-state index in [1.54, 1.807) is 13.8 Å². The number of hydrogen-bond acceptors (Lipinski definition) is 0. The lowest BCUT2D eigenvalue weighted by atomic mass is 9.80. The number of halogens is 3. The SMILES string of the molecule is CC(Cl)CC(C)(C)c1c(F)cccc1F. The smallest absolute Gasteiger partial charge is 0.129 e. The lowest BCUT2D eigenvalue weighted by molar-refractivity contribution is 0.419. The van der Waals surface area contributed by atoms with Gasteiger partial charge in [0, 0.05) is 10.9 Å². The van der Waals surface area contributed by atoms with Gasteiger partial charge in [-0.3, -0.25) is 0 Å². The summed E-state index contributed by atoms with van der Waals surface area (Å²) < 4.78 is 27.0. The fraction of sp³-hybridized carbons (Fsp3) is 0.500. The van der Waals surface area contributed by atoms with E-state index >= 15 is 0 Å². The van der Waals surface area contributed by atoms with Gasteiger partial charge in [-0.25, -0.2) is 8.78 Å². The molecule has 0 aliphatic rings. The van der Waals surface area contributed by atoms with Crippen molar-refractivity contribution in [3.63, 3.8) is 0 Å². The Morgan fingerprint density at radius 1 is 1.27 bits per heavy atom. The highest BCUT2D eigenvalue weighted by Crippen LogP contribution is 2.33. The molecule has 3 heteroatoms. The summed E-state index contributed by atoms with van der Waals surface area (Å²) in [5.41, 5.74) is -0.464. The summed E-state index contributed by atoms with van der Waals surface area (Å²) in [4.78, 5) is 0. The van der Waals surface area contributed by atoms with Crippen molar-refractivity contribution in [2.24, 2.45) is 0 Å². The molecule has 1 aromatic carbocycles. The summed E-state index contributed by atoms with van der Waals surface area (Å²) in [6.45, 7) is 5.42. The quantitative estimate of drug-likeness (QED) is 0.683. The molecule has 0 bridgehead atoms. The minimum atomic E-state index is -0.587. The summed E-state index contributed by atoms with van der Waals surface area (Å²) in [7, 11) is 0. The van der Waals surface area contributed by atoms with Crippen LogP contribution in [0.25, 0.3) is 0 Å². The summed E-state index contributed by atoms with van der Waals surface area (Å²) in [6, 6.07) is 3.92. The van der Waals surface area contributed by atoms with Gasteiger partial charge in [-0.2, -0.15) is 0 Å². The Labute approximate surface area is 94.3 Å². The fourth-order valence-electron chi connectivity index (χ4n) is 1.95. The Morgan fingerprint density at radius 3 is 2.13 bits per heavy atom. The van der Waals surface area contributed by atoms with Gasteiger partial charge in [0.2, 0.25) is 0 Å². The second-order valence-corrected chi connectivity index (χ2v) is 5.21. The highest BCUT2D eigenvalue weighted by molar-refractivity contribution is 6.20. The van der Waals surface area contributed by atoms with Gasteiger partial charge in [-0.05, 0) is 30.9 Å². The van der Waals surface area contributed by atoms with E-state index in [2.05, 4.69) is 0 Å². The first-order chi connectivity index (χ1) is 6.84. The molecule has 0 aromatic heterocycles. The molecule has 0 nitrogen and oxygen atoms in total. The van der Waals surface area contributed by atoms with Crippen molar-refractivity contribution in [2.75, 3.05) is 0 Å². The highest BCUT2D eigenvalue weighted by Gasteiger charge is 2.28. The maximum Gasteiger partial charge on any atom is 0.129 e. The van der Waals surface area contributed by atoms with Crippen LogP contribution in [0, 0.1) is 11.6 Å². The molecule has 0 aliphatic carbocycles. The van der Waals surface area contributed by atoms with Crippen LogP contribution in [0.15, 0.2) is 18.2 Å². The molecule has 0 amide bonds. The van der Waals surface area contributed by atoms with E-state index in [4.69, 9.17) is 11.6 Å². The zero-order valence-corrected chi connectivity index (χ0v) is 9.91. The first-order valence-electron chi connectivity index (χ1n) is 4.93. The number of hydrogen-bond donors (Lipinski definition) is 0. The number of rotatable bonds is 3. The van der Waals surface area contributed by atoms with Crippen molar-refractivity contribution >= 4 is 11.6 Å². The molecule has 0 fully saturated rings. The van der Waals surface area contributed by atoms with Gasteiger partial charge in [0.05, 0.1) is 0 Å². The second-order valence-electron chi connectivity index (χ2n) is 4.47. The molecule has 0 aliphatic heterocycles. The molecule has 1 rings (SSSR count). The molecule has 0 saturated heterocycles. The normalized spacial score (nSPS) is 14.0. The monoisotopic (exact) mass is 232 g/mol. The topological polar surface area (TPSA) is 0 Å². The van der Waals surface area contributed by atoms with E-state index in [-0.39, 0.29) is 10.9 Å². The van der Waals surface area contributed by atoms with Crippen molar-refractivity contribution in [2.45, 2.75) is 38.0 Å². The van der Waals surface area contributed by atoms with Crippen LogP contribution >= 0.6 is 11.6 Å². The van der Waals surface area contributed by atoms with Crippen molar-refractivity contribution in [1.82, 2.24) is 0 Å². The van der Waals surface area contributed by atoms with Crippen LogP contribution in [0.3, 0.4) is 0 Å². The molecule has 0 heterocycles. The number of benzene rings is 1. The van der Waals surface area contributed by atoms with Crippen molar-refractivity contribution in [1.29, 1.82) is 0 Å². The van der Waals surface area contributed by atoms with Crippen LogP contribution in [-0.2, 0) is 5.41 Å². The van der Waals surface area contributed by atoms with E-state index in [0.717, 1.165) is 0 Å². The fourth-order valence-corrected chi connectivity index (χ4v) is 2.34. The second kappa shape index (κ2) is 4.48. The van der Waals surface area contributed by atoms with Crippen LogP contribution in [0.5, 0.6) is 0 Å². The molecule has 15 heavy (non-hydrogen) atoms. The largest absolute Gasteiger partial charge is 0.207 e. The van der Waals surface area contributed by atoms with E-state index in [1.165, 1.54) is 18.2 Å². The van der Waals surface area contributed by atoms with Gasteiger partial charge in [-0.15, -0.1) is 11.6 Å². The van der Waals surface area contributed by atoms with Gasteiger partial charge in [0.25, 0.3) is 0 Å². The van der Waals surface area contributed by atoms with Gasteiger partial charge < -0.3 is 0 Å². The van der Waals surface area contributed by atoms with Crippen LogP contribution in [0.4, 0.5) is 8.78 Å². The third kappa shape index (κ3) is 2.91. The molecule has 1 aromatic rings. The van der Waals surface area contributed by atoms with E-state index in [9.17, 15) is 8.78 Å². The van der Waals surface area contributed by atoms with E-state index in [0.29, 0.717) is 6.42 Å². The van der Waals surface area contributed by atoms with E-state index < -0.39 is 17.0 Å². The Bertz CT molecular complexity index is 325. The van der Waals surface area contributed by atoms with Crippen molar-refractivity contribution in [3.8, 4) is 0 Å². The third-order valence-corrected chi connectivity index (χ3v) is 2.59. The number of alkyl halides is 1. The average molecular weight is 233 g/mol. The summed E-state index contributed by atoms with van der Waals surface area (Å²) in [6.07, 6.45) is 0.534. The lowest BCUT2D eigenvalue weighted by Gasteiger charge is -2.27. The van der Waals surface area contributed by atoms with Gasteiger partial charge >= 0.3 is 0 Å². The predicted molar refractivity (Wildman–Crippen MR) is 59.3 cm³/mol. The van der Waals surface area contributed by atoms with Crippen molar-refractivity contribution < 1.29 is 8.78 Å². The first-order valence-corrected chi connectivity index (χ1v) is 5.37. The molecule has 0 saturated carbocycles. The summed E-state index contributed by atoms with van der Waals surface area (Å²) in [5, 5.41) is -0.112. The Balaban J connectivity index is 3.14. The van der Waals surface area contributed by atoms with Gasteiger partial charge in [0.1, 0.15) is 11.6 Å². The molecule has 84 valence electrons. The minimum Gasteiger partial charge on any atom is -0.207 e. The van der Waals surface area contributed by atoms with Gasteiger partial charge in [-0.1, -0.05) is 19.9 Å². The summed E-state index contributed by atoms with van der Waals surface area (Å²) in [5.74, 6) is -1.00. The maximum atomic E-state index is 13.5. The minimum absolute atomic E-state index is 0.112. The predicted octanol–water partition coefficient (Wildman–Crippen LogP) is 4.26. The Kier molecular flexibility index (Phi) is 3.72. The third-order valence-electron chi connectivity index (χ3n) is 2.43. The standard InChI is InChI=1S/C12H15ClF2/c1-8(13)7-12(2,3)11-9(14)5-4-6-10(11)15/h4-6,8H,7H2,1-3H3. The highest BCUT2D eigenvalue weighted by atomic mass is 35.5. The molecule has 1 atom stereocenters. The zero-order valence-electron chi connectivity index (χ0n) is 9.15. The molecule has 1 unspecified atom stereocenters.